The highest BCUT2D eigenvalue weighted by molar-refractivity contribution is 5.20. The first kappa shape index (κ1) is 8.47. The van der Waals surface area contributed by atoms with Gasteiger partial charge in [0.15, 0.2) is 0 Å². The first-order chi connectivity index (χ1) is 5.66. The Labute approximate surface area is 66.4 Å². The van der Waals surface area contributed by atoms with Crippen LogP contribution in [0.4, 0.5) is 5.69 Å². The molecule has 12 heavy (non-hydrogen) atoms. The van der Waals surface area contributed by atoms with Crippen LogP contribution in [0, 0.1) is 10.1 Å². The fourth-order valence-electron chi connectivity index (χ4n) is 0.795. The van der Waals surface area contributed by atoms with E-state index in [9.17, 15) is 14.9 Å². The smallest absolute Gasteiger partial charge is 0.352 e. The van der Waals surface area contributed by atoms with Gasteiger partial charge >= 0.3 is 11.2 Å². The van der Waals surface area contributed by atoms with Gasteiger partial charge in [0.2, 0.25) is 0 Å². The molecule has 0 spiro atoms. The second-order valence-corrected chi connectivity index (χ2v) is 2.10. The predicted molar refractivity (Wildman–Crippen MR) is 38.8 cm³/mol. The van der Waals surface area contributed by atoms with Crippen molar-refractivity contribution in [2.24, 2.45) is 0 Å². The summed E-state index contributed by atoms with van der Waals surface area (Å²) in [6.45, 7) is -0.204. The molecule has 1 rings (SSSR count). The van der Waals surface area contributed by atoms with Crippen molar-refractivity contribution in [3.8, 4) is 0 Å². The molecule has 1 aromatic heterocycles. The molecule has 0 amide bonds. The summed E-state index contributed by atoms with van der Waals surface area (Å²) in [7, 11) is 0. The van der Waals surface area contributed by atoms with Crippen molar-refractivity contribution in [3.63, 3.8) is 0 Å². The molecule has 0 saturated carbocycles. The van der Waals surface area contributed by atoms with Crippen molar-refractivity contribution >= 4 is 5.69 Å². The molecule has 0 aromatic carbocycles. The van der Waals surface area contributed by atoms with Gasteiger partial charge in [-0.25, -0.2) is 4.68 Å². The maximum atomic E-state index is 11.0. The lowest BCUT2D eigenvalue weighted by molar-refractivity contribution is -0.386. The van der Waals surface area contributed by atoms with Gasteiger partial charge in [-0.3, -0.25) is 20.0 Å². The maximum absolute atomic E-state index is 11.0. The Morgan fingerprint density at radius 1 is 1.75 bits per heavy atom. The van der Waals surface area contributed by atoms with E-state index in [0.29, 0.717) is 0 Å². The molecule has 0 fully saturated rings. The summed E-state index contributed by atoms with van der Waals surface area (Å²) in [5, 5.41) is 21.0. The molecule has 0 aliphatic rings. The van der Waals surface area contributed by atoms with Crippen LogP contribution < -0.4 is 5.56 Å². The van der Waals surface area contributed by atoms with Crippen molar-refractivity contribution in [2.75, 3.05) is 6.61 Å². The summed E-state index contributed by atoms with van der Waals surface area (Å²) in [5.74, 6) is 0. The number of aliphatic hydroxyl groups excluding tert-OH is 1. The average molecular weight is 173 g/mol. The Hall–Kier alpha value is -1.63. The Morgan fingerprint density at radius 2 is 2.42 bits per heavy atom. The van der Waals surface area contributed by atoms with Gasteiger partial charge in [-0.15, -0.1) is 0 Å². The average Bonchev–Trinajstić information content (AvgIpc) is 2.34. The third-order valence-electron chi connectivity index (χ3n) is 1.34. The summed E-state index contributed by atoms with van der Waals surface area (Å²) in [5.41, 5.74) is -1.24. The van der Waals surface area contributed by atoms with Gasteiger partial charge in [-0.2, -0.15) is 0 Å². The highest BCUT2D eigenvalue weighted by Crippen LogP contribution is 1.99. The van der Waals surface area contributed by atoms with Crippen LogP contribution in [0.15, 0.2) is 11.0 Å². The largest absolute Gasteiger partial charge is 0.394 e. The van der Waals surface area contributed by atoms with Crippen molar-refractivity contribution in [3.05, 3.63) is 26.7 Å². The molecule has 1 aromatic rings. The minimum atomic E-state index is -0.771. The molecule has 0 atom stereocenters. The van der Waals surface area contributed by atoms with Gasteiger partial charge in [-0.05, 0) is 0 Å². The van der Waals surface area contributed by atoms with E-state index < -0.39 is 16.2 Å². The third kappa shape index (κ3) is 1.35. The predicted octanol–water partition coefficient (Wildman–Crippen LogP) is -0.923. The van der Waals surface area contributed by atoms with Crippen molar-refractivity contribution in [2.45, 2.75) is 6.54 Å². The number of nitrogens with one attached hydrogen (secondary N) is 1. The molecule has 0 aliphatic heterocycles. The van der Waals surface area contributed by atoms with Gasteiger partial charge < -0.3 is 5.11 Å². The first-order valence-corrected chi connectivity index (χ1v) is 3.20. The number of nitrogens with zero attached hydrogens (tertiary/aromatic N) is 2. The number of aromatic amines is 1. The minimum absolute atomic E-state index is 0.0344. The van der Waals surface area contributed by atoms with Crippen LogP contribution in [0.3, 0.4) is 0 Å². The van der Waals surface area contributed by atoms with Crippen molar-refractivity contribution < 1.29 is 10.0 Å². The molecular formula is C5H7N3O4. The standard InChI is InChI=1S/C5H7N3O4/c9-2-1-7-5(10)4(3-6-7)8(11)12/h3,6,9H,1-2H2. The normalized spacial score (nSPS) is 10.1. The zero-order valence-corrected chi connectivity index (χ0v) is 6.06. The number of rotatable bonds is 3. The third-order valence-corrected chi connectivity index (χ3v) is 1.34. The van der Waals surface area contributed by atoms with E-state index in [1.807, 2.05) is 0 Å². The van der Waals surface area contributed by atoms with Gasteiger partial charge in [0.05, 0.1) is 18.1 Å². The molecule has 2 N–H and O–H groups in total. The van der Waals surface area contributed by atoms with Crippen LogP contribution in [-0.4, -0.2) is 26.4 Å². The van der Waals surface area contributed by atoms with Crippen molar-refractivity contribution in [1.29, 1.82) is 0 Å². The molecule has 0 bridgehead atoms. The zero-order valence-electron chi connectivity index (χ0n) is 6.06. The molecular weight excluding hydrogens is 166 g/mol. The SMILES string of the molecule is O=c1c([N+](=O)[O-])c[nH]n1CCO. The summed E-state index contributed by atoms with van der Waals surface area (Å²) in [6, 6.07) is 0. The lowest BCUT2D eigenvalue weighted by atomic mass is 10.6. The minimum Gasteiger partial charge on any atom is -0.394 e. The lowest BCUT2D eigenvalue weighted by Gasteiger charge is -1.93. The maximum Gasteiger partial charge on any atom is 0.352 e. The lowest BCUT2D eigenvalue weighted by Crippen LogP contribution is -2.20. The van der Waals surface area contributed by atoms with Crippen LogP contribution in [-0.2, 0) is 6.54 Å². The van der Waals surface area contributed by atoms with Crippen molar-refractivity contribution in [1.82, 2.24) is 9.78 Å². The van der Waals surface area contributed by atoms with E-state index in [2.05, 4.69) is 5.10 Å². The quantitative estimate of drug-likeness (QED) is 0.455. The number of hydrogen-bond acceptors (Lipinski definition) is 4. The highest BCUT2D eigenvalue weighted by Gasteiger charge is 2.15. The van der Waals surface area contributed by atoms with E-state index in [1.165, 1.54) is 0 Å². The molecule has 0 aliphatic carbocycles. The van der Waals surface area contributed by atoms with Crippen LogP contribution in [0.1, 0.15) is 0 Å². The summed E-state index contributed by atoms with van der Waals surface area (Å²) in [6.07, 6.45) is 0.998. The highest BCUT2D eigenvalue weighted by atomic mass is 16.6. The number of H-pyrrole nitrogens is 1. The van der Waals surface area contributed by atoms with Gasteiger partial charge in [0.1, 0.15) is 6.20 Å². The Bertz CT molecular complexity index is 339. The zero-order chi connectivity index (χ0) is 9.14. The molecule has 7 nitrogen and oxygen atoms in total. The van der Waals surface area contributed by atoms with E-state index in [1.54, 1.807) is 0 Å². The molecule has 0 unspecified atom stereocenters. The monoisotopic (exact) mass is 173 g/mol. The van der Waals surface area contributed by atoms with E-state index >= 15 is 0 Å². The fourth-order valence-corrected chi connectivity index (χ4v) is 0.795. The van der Waals surface area contributed by atoms with Gasteiger partial charge in [0, 0.05) is 0 Å². The van der Waals surface area contributed by atoms with Gasteiger partial charge in [0.25, 0.3) is 0 Å². The molecule has 1 heterocycles. The fraction of sp³-hybridized carbons (Fsp3) is 0.400. The number of aromatic nitrogens is 2. The van der Waals surface area contributed by atoms with Crippen LogP contribution in [0.2, 0.25) is 0 Å². The molecule has 0 radical (unpaired) electrons. The first-order valence-electron chi connectivity index (χ1n) is 3.20. The van der Waals surface area contributed by atoms with E-state index in [0.717, 1.165) is 10.9 Å². The van der Waals surface area contributed by atoms with Crippen LogP contribution >= 0.6 is 0 Å². The number of nitro groups is 1. The Morgan fingerprint density at radius 3 is 2.83 bits per heavy atom. The van der Waals surface area contributed by atoms with E-state index in [4.69, 9.17) is 5.11 Å². The summed E-state index contributed by atoms with van der Waals surface area (Å²) in [4.78, 5) is 20.4. The Kier molecular flexibility index (Phi) is 2.24. The summed E-state index contributed by atoms with van der Waals surface area (Å²) >= 11 is 0. The second kappa shape index (κ2) is 3.18. The molecule has 66 valence electrons. The topological polar surface area (TPSA) is 101 Å². The van der Waals surface area contributed by atoms with Crippen LogP contribution in [0.25, 0.3) is 0 Å². The second-order valence-electron chi connectivity index (χ2n) is 2.10. The van der Waals surface area contributed by atoms with Gasteiger partial charge in [-0.1, -0.05) is 0 Å². The summed E-state index contributed by atoms with van der Waals surface area (Å²) < 4.78 is 0.970. The number of hydrogen-bond donors (Lipinski definition) is 2. The Balaban J connectivity index is 3.05. The molecule has 7 heteroatoms. The number of aliphatic hydroxyl groups is 1. The molecule has 0 saturated heterocycles. The van der Waals surface area contributed by atoms with Crippen LogP contribution in [0.5, 0.6) is 0 Å². The van der Waals surface area contributed by atoms with E-state index in [-0.39, 0.29) is 13.2 Å².